The molecule has 170 valence electrons. The third-order valence-corrected chi connectivity index (χ3v) is 6.10. The summed E-state index contributed by atoms with van der Waals surface area (Å²) >= 11 is 0. The van der Waals surface area contributed by atoms with Crippen LogP contribution in [0, 0.1) is 17.6 Å². The lowest BCUT2D eigenvalue weighted by molar-refractivity contribution is 0.560. The first-order valence-electron chi connectivity index (χ1n) is 10.8. The van der Waals surface area contributed by atoms with Crippen LogP contribution in [0.4, 0.5) is 19.0 Å². The van der Waals surface area contributed by atoms with E-state index < -0.39 is 17.6 Å². The summed E-state index contributed by atoms with van der Waals surface area (Å²) in [7, 11) is 0. The lowest BCUT2D eigenvalue weighted by Gasteiger charge is -2.26. The van der Waals surface area contributed by atoms with Crippen LogP contribution in [0.15, 0.2) is 67.4 Å². The minimum atomic E-state index is -0.577. The zero-order chi connectivity index (χ0) is 23.2. The van der Waals surface area contributed by atoms with Crippen LogP contribution in [0.25, 0.3) is 22.5 Å². The number of pyridine rings is 1. The number of anilines is 1. The average Bonchev–Trinajstić information content (AvgIpc) is 3.59. The zero-order valence-corrected chi connectivity index (χ0v) is 17.8. The highest BCUT2D eigenvalue weighted by Crippen LogP contribution is 2.37. The van der Waals surface area contributed by atoms with Crippen molar-refractivity contribution in [3.05, 3.63) is 90.5 Å². The molecule has 1 saturated heterocycles. The Morgan fingerprint density at radius 2 is 1.91 bits per heavy atom. The number of fused-ring (bicyclic) bond motifs is 1. The van der Waals surface area contributed by atoms with E-state index >= 15 is 0 Å². The topological polar surface area (TPSA) is 64.1 Å². The number of halogens is 3. The highest BCUT2D eigenvalue weighted by Gasteiger charge is 2.30. The summed E-state index contributed by atoms with van der Waals surface area (Å²) in [4.78, 5) is 10.5. The second kappa shape index (κ2) is 7.98. The number of aromatic nitrogens is 6. The van der Waals surface area contributed by atoms with Crippen LogP contribution < -0.4 is 4.90 Å². The molecule has 0 amide bonds. The van der Waals surface area contributed by atoms with Crippen LogP contribution in [0.3, 0.4) is 0 Å². The summed E-state index contributed by atoms with van der Waals surface area (Å²) in [5.41, 5.74) is 2.37. The van der Waals surface area contributed by atoms with Crippen molar-refractivity contribution in [1.82, 2.24) is 29.4 Å². The van der Waals surface area contributed by atoms with Crippen LogP contribution in [-0.4, -0.2) is 35.9 Å². The van der Waals surface area contributed by atoms with E-state index in [-0.39, 0.29) is 6.04 Å². The fourth-order valence-corrected chi connectivity index (χ4v) is 4.50. The van der Waals surface area contributed by atoms with Gasteiger partial charge in [-0.2, -0.15) is 14.6 Å². The van der Waals surface area contributed by atoms with Crippen LogP contribution in [0.5, 0.6) is 0 Å². The van der Waals surface area contributed by atoms with Crippen LogP contribution >= 0.6 is 0 Å². The molecule has 1 aromatic carbocycles. The number of hydrogen-bond acceptors (Lipinski definition) is 5. The van der Waals surface area contributed by atoms with Crippen molar-refractivity contribution >= 4 is 11.5 Å². The van der Waals surface area contributed by atoms with Gasteiger partial charge in [-0.3, -0.25) is 0 Å². The minimum absolute atomic E-state index is 0.318. The summed E-state index contributed by atoms with van der Waals surface area (Å²) in [6.07, 6.45) is 9.54. The zero-order valence-electron chi connectivity index (χ0n) is 17.8. The standard InChI is InChI=1S/C24H18F3N7/c25-16-5-6-19(26)18(11-16)20-4-2-9-32(20)22-7-10-33-24(31-22)21(13-30-33)34-14-15(12-29-34)17-3-1-8-28-23(17)27/h1,3,5-8,10-14,20H,2,4,9H2. The molecular formula is C24H18F3N7. The maximum Gasteiger partial charge on any atom is 0.220 e. The molecule has 0 bridgehead atoms. The maximum atomic E-state index is 14.5. The predicted octanol–water partition coefficient (Wildman–Crippen LogP) is 4.74. The monoisotopic (exact) mass is 461 g/mol. The summed E-state index contributed by atoms with van der Waals surface area (Å²) in [5.74, 6) is -0.849. The van der Waals surface area contributed by atoms with E-state index in [1.54, 1.807) is 52.2 Å². The van der Waals surface area contributed by atoms with Gasteiger partial charge in [0.25, 0.3) is 0 Å². The lowest BCUT2D eigenvalue weighted by atomic mass is 10.0. The van der Waals surface area contributed by atoms with Gasteiger partial charge in [-0.15, -0.1) is 0 Å². The molecule has 34 heavy (non-hydrogen) atoms. The summed E-state index contributed by atoms with van der Waals surface area (Å²) in [6, 6.07) is 8.32. The molecule has 0 aliphatic carbocycles. The number of nitrogens with zero attached hydrogens (tertiary/aromatic N) is 7. The minimum Gasteiger partial charge on any atom is -0.349 e. The van der Waals surface area contributed by atoms with Gasteiger partial charge in [0.1, 0.15) is 23.1 Å². The molecule has 0 N–H and O–H groups in total. The normalized spacial score (nSPS) is 16.0. The Morgan fingerprint density at radius 3 is 2.79 bits per heavy atom. The molecule has 10 heteroatoms. The van der Waals surface area contributed by atoms with E-state index in [0.29, 0.717) is 46.8 Å². The Hall–Kier alpha value is -4.21. The van der Waals surface area contributed by atoms with Gasteiger partial charge < -0.3 is 4.90 Å². The van der Waals surface area contributed by atoms with E-state index in [2.05, 4.69) is 15.2 Å². The van der Waals surface area contributed by atoms with Crippen LogP contribution in [0.2, 0.25) is 0 Å². The summed E-state index contributed by atoms with van der Waals surface area (Å²) < 4.78 is 45.6. The highest BCUT2D eigenvalue weighted by molar-refractivity contribution is 5.65. The van der Waals surface area contributed by atoms with E-state index in [1.165, 1.54) is 12.3 Å². The van der Waals surface area contributed by atoms with Gasteiger partial charge in [-0.1, -0.05) is 0 Å². The van der Waals surface area contributed by atoms with Crippen molar-refractivity contribution in [1.29, 1.82) is 0 Å². The fraction of sp³-hybridized carbons (Fsp3) is 0.167. The molecule has 1 aliphatic rings. The molecule has 0 saturated carbocycles. The van der Waals surface area contributed by atoms with Gasteiger partial charge in [0.2, 0.25) is 5.95 Å². The molecule has 6 rings (SSSR count). The van der Waals surface area contributed by atoms with Gasteiger partial charge in [-0.05, 0) is 49.2 Å². The number of hydrogen-bond donors (Lipinski definition) is 0. The largest absolute Gasteiger partial charge is 0.349 e. The van der Waals surface area contributed by atoms with Crippen molar-refractivity contribution in [3.63, 3.8) is 0 Å². The van der Waals surface area contributed by atoms with E-state index in [1.807, 2.05) is 4.90 Å². The number of benzene rings is 1. The molecule has 7 nitrogen and oxygen atoms in total. The fourth-order valence-electron chi connectivity index (χ4n) is 4.50. The second-order valence-electron chi connectivity index (χ2n) is 8.12. The van der Waals surface area contributed by atoms with Gasteiger partial charge in [0, 0.05) is 41.8 Å². The first-order chi connectivity index (χ1) is 16.6. The Kier molecular flexibility index (Phi) is 4.79. The quantitative estimate of drug-likeness (QED) is 0.362. The Balaban J connectivity index is 1.38. The third kappa shape index (κ3) is 3.38. The van der Waals surface area contributed by atoms with Gasteiger partial charge >= 0.3 is 0 Å². The van der Waals surface area contributed by atoms with Crippen molar-refractivity contribution in [3.8, 4) is 16.8 Å². The molecule has 1 atom stereocenters. The maximum absolute atomic E-state index is 14.5. The molecule has 4 aromatic heterocycles. The van der Waals surface area contributed by atoms with Crippen LogP contribution in [0.1, 0.15) is 24.4 Å². The molecule has 1 fully saturated rings. The predicted molar refractivity (Wildman–Crippen MR) is 119 cm³/mol. The van der Waals surface area contributed by atoms with E-state index in [9.17, 15) is 13.2 Å². The second-order valence-corrected chi connectivity index (χ2v) is 8.12. The van der Waals surface area contributed by atoms with Crippen molar-refractivity contribution in [2.45, 2.75) is 18.9 Å². The van der Waals surface area contributed by atoms with Gasteiger partial charge in [0.05, 0.1) is 18.4 Å². The average molecular weight is 461 g/mol. The van der Waals surface area contributed by atoms with Crippen molar-refractivity contribution in [2.24, 2.45) is 0 Å². The SMILES string of the molecule is Fc1ccc(F)c(C2CCCN2c2ccn3ncc(-n4cc(-c5cccnc5F)cn4)c3n2)c1. The van der Waals surface area contributed by atoms with E-state index in [0.717, 1.165) is 18.6 Å². The first kappa shape index (κ1) is 20.4. The van der Waals surface area contributed by atoms with Crippen LogP contribution in [-0.2, 0) is 0 Å². The molecule has 5 aromatic rings. The summed E-state index contributed by atoms with van der Waals surface area (Å²) in [5, 5.41) is 8.71. The highest BCUT2D eigenvalue weighted by atomic mass is 19.1. The van der Waals surface area contributed by atoms with Gasteiger partial charge in [-0.25, -0.2) is 27.9 Å². The van der Waals surface area contributed by atoms with E-state index in [4.69, 9.17) is 4.98 Å². The molecule has 1 unspecified atom stereocenters. The first-order valence-corrected chi connectivity index (χ1v) is 10.8. The third-order valence-electron chi connectivity index (χ3n) is 6.10. The lowest BCUT2D eigenvalue weighted by Crippen LogP contribution is -2.24. The summed E-state index contributed by atoms with van der Waals surface area (Å²) in [6.45, 7) is 0.666. The molecule has 0 radical (unpaired) electrons. The van der Waals surface area contributed by atoms with Crippen molar-refractivity contribution < 1.29 is 13.2 Å². The molecule has 1 aliphatic heterocycles. The van der Waals surface area contributed by atoms with Crippen molar-refractivity contribution in [2.75, 3.05) is 11.4 Å². The molecule has 0 spiro atoms. The Morgan fingerprint density at radius 1 is 1.00 bits per heavy atom. The number of rotatable bonds is 4. The Bertz CT molecular complexity index is 1510. The Labute approximate surface area is 192 Å². The molecular weight excluding hydrogens is 443 g/mol. The molecule has 5 heterocycles. The smallest absolute Gasteiger partial charge is 0.220 e. The van der Waals surface area contributed by atoms with Gasteiger partial charge in [0.15, 0.2) is 5.65 Å².